The molecule has 0 unspecified atom stereocenters. The van der Waals surface area contributed by atoms with E-state index in [1.54, 1.807) is 42.7 Å². The molecule has 1 N–H and O–H groups in total. The van der Waals surface area contributed by atoms with Crippen LogP contribution in [0.3, 0.4) is 0 Å². The lowest BCUT2D eigenvalue weighted by Gasteiger charge is -2.44. The van der Waals surface area contributed by atoms with E-state index in [0.717, 1.165) is 0 Å². The maximum absolute atomic E-state index is 12.9. The summed E-state index contributed by atoms with van der Waals surface area (Å²) < 4.78 is 24.4. The molecule has 2 heterocycles. The van der Waals surface area contributed by atoms with Crippen molar-refractivity contribution in [2.75, 3.05) is 24.6 Å². The second-order valence-electron chi connectivity index (χ2n) is 7.40. The number of rotatable bonds is 2. The number of hydrogen-bond donors (Lipinski definition) is 1. The molecule has 142 valence electrons. The quantitative estimate of drug-likeness (QED) is 0.819. The molecule has 2 saturated heterocycles. The van der Waals surface area contributed by atoms with Crippen molar-refractivity contribution in [3.8, 4) is 5.75 Å². The average molecular weight is 380 g/mol. The normalized spacial score (nSPS) is 24.6. The molecule has 0 aliphatic carbocycles. The van der Waals surface area contributed by atoms with Crippen LogP contribution in [0.2, 0.25) is 0 Å². The van der Waals surface area contributed by atoms with E-state index in [2.05, 4.69) is 0 Å². The van der Waals surface area contributed by atoms with Crippen LogP contribution in [0.1, 0.15) is 29.8 Å². The van der Waals surface area contributed by atoms with Crippen LogP contribution in [0.25, 0.3) is 0 Å². The minimum atomic E-state index is -3.32. The van der Waals surface area contributed by atoms with Crippen LogP contribution < -0.4 is 0 Å². The van der Waals surface area contributed by atoms with E-state index < -0.39 is 21.9 Å². The maximum Gasteiger partial charge on any atom is 0.254 e. The molecule has 8 heteroatoms. The SMILES string of the molecule is Cc1ccc(C(=O)N2CCN(C(=O)C(C)C)[C@@H]3CS(=O)(=O)C[C@@H]32)cc1O. The number of fused-ring (bicyclic) bond motifs is 1. The Morgan fingerprint density at radius 3 is 2.27 bits per heavy atom. The summed E-state index contributed by atoms with van der Waals surface area (Å²) in [4.78, 5) is 28.6. The van der Waals surface area contributed by atoms with Crippen molar-refractivity contribution in [2.24, 2.45) is 5.92 Å². The fourth-order valence-corrected chi connectivity index (χ4v) is 5.70. The number of carbonyl (C=O) groups excluding carboxylic acids is 2. The zero-order chi connectivity index (χ0) is 19.2. The Bertz CT molecular complexity index is 849. The largest absolute Gasteiger partial charge is 0.508 e. The van der Waals surface area contributed by atoms with E-state index in [-0.39, 0.29) is 41.5 Å². The third kappa shape index (κ3) is 3.30. The molecule has 2 aliphatic heterocycles. The van der Waals surface area contributed by atoms with Crippen molar-refractivity contribution in [3.63, 3.8) is 0 Å². The molecule has 3 rings (SSSR count). The van der Waals surface area contributed by atoms with Gasteiger partial charge in [-0.1, -0.05) is 19.9 Å². The van der Waals surface area contributed by atoms with Gasteiger partial charge >= 0.3 is 0 Å². The van der Waals surface area contributed by atoms with Gasteiger partial charge in [-0.3, -0.25) is 9.59 Å². The predicted octanol–water partition coefficient (Wildman–Crippen LogP) is 0.807. The number of amides is 2. The van der Waals surface area contributed by atoms with Gasteiger partial charge in [-0.05, 0) is 24.6 Å². The second-order valence-corrected chi connectivity index (χ2v) is 9.55. The van der Waals surface area contributed by atoms with Crippen LogP contribution in [0, 0.1) is 12.8 Å². The first-order valence-corrected chi connectivity index (χ1v) is 10.5. The van der Waals surface area contributed by atoms with Gasteiger partial charge in [-0.25, -0.2) is 8.42 Å². The molecule has 0 radical (unpaired) electrons. The first-order valence-electron chi connectivity index (χ1n) is 8.72. The summed E-state index contributed by atoms with van der Waals surface area (Å²) in [6.07, 6.45) is 0. The van der Waals surface area contributed by atoms with Gasteiger partial charge in [-0.2, -0.15) is 0 Å². The summed E-state index contributed by atoms with van der Waals surface area (Å²) in [5.41, 5.74) is 0.981. The van der Waals surface area contributed by atoms with Crippen molar-refractivity contribution in [1.82, 2.24) is 9.80 Å². The molecular formula is C18H24N2O5S. The summed E-state index contributed by atoms with van der Waals surface area (Å²) in [5, 5.41) is 9.87. The lowest BCUT2D eigenvalue weighted by atomic mass is 10.0. The van der Waals surface area contributed by atoms with Crippen LogP contribution >= 0.6 is 0 Å². The topological polar surface area (TPSA) is 95.0 Å². The van der Waals surface area contributed by atoms with Crippen LogP contribution in [-0.4, -0.2) is 71.8 Å². The third-order valence-corrected chi connectivity index (χ3v) is 6.87. The van der Waals surface area contributed by atoms with Crippen molar-refractivity contribution in [3.05, 3.63) is 29.3 Å². The number of sulfone groups is 1. The van der Waals surface area contributed by atoms with Crippen LogP contribution in [0.15, 0.2) is 18.2 Å². The van der Waals surface area contributed by atoms with Gasteiger partial charge in [0.15, 0.2) is 9.84 Å². The molecule has 2 fully saturated rings. The number of aromatic hydroxyl groups is 1. The summed E-state index contributed by atoms with van der Waals surface area (Å²) in [6, 6.07) is 3.63. The van der Waals surface area contributed by atoms with Crippen molar-refractivity contribution in [1.29, 1.82) is 0 Å². The first-order chi connectivity index (χ1) is 12.1. The Balaban J connectivity index is 1.91. The molecule has 0 spiro atoms. The van der Waals surface area contributed by atoms with Gasteiger partial charge in [0.1, 0.15) is 5.75 Å². The number of carbonyl (C=O) groups is 2. The molecule has 2 atom stereocenters. The monoisotopic (exact) mass is 380 g/mol. The Hall–Kier alpha value is -2.09. The van der Waals surface area contributed by atoms with Crippen LogP contribution in [0.4, 0.5) is 0 Å². The molecule has 7 nitrogen and oxygen atoms in total. The maximum atomic E-state index is 12.9. The lowest BCUT2D eigenvalue weighted by molar-refractivity contribution is -0.139. The highest BCUT2D eigenvalue weighted by Crippen LogP contribution is 2.30. The van der Waals surface area contributed by atoms with Gasteiger partial charge in [0.25, 0.3) is 5.91 Å². The summed E-state index contributed by atoms with van der Waals surface area (Å²) in [7, 11) is -3.32. The van der Waals surface area contributed by atoms with Gasteiger partial charge in [0, 0.05) is 24.6 Å². The molecule has 26 heavy (non-hydrogen) atoms. The zero-order valence-corrected chi connectivity index (χ0v) is 16.0. The first kappa shape index (κ1) is 18.7. The molecule has 1 aromatic rings. The zero-order valence-electron chi connectivity index (χ0n) is 15.2. The molecule has 1 aromatic carbocycles. The van der Waals surface area contributed by atoms with E-state index in [1.165, 1.54) is 6.07 Å². The Morgan fingerprint density at radius 1 is 1.12 bits per heavy atom. The van der Waals surface area contributed by atoms with Crippen molar-refractivity contribution < 1.29 is 23.1 Å². The predicted molar refractivity (Wildman–Crippen MR) is 96.7 cm³/mol. The van der Waals surface area contributed by atoms with E-state index >= 15 is 0 Å². The lowest BCUT2D eigenvalue weighted by Crippen LogP contribution is -2.62. The smallest absolute Gasteiger partial charge is 0.254 e. The van der Waals surface area contributed by atoms with Gasteiger partial charge in [0.2, 0.25) is 5.91 Å². The van der Waals surface area contributed by atoms with E-state index in [9.17, 15) is 23.1 Å². The number of piperazine rings is 1. The fraction of sp³-hybridized carbons (Fsp3) is 0.556. The summed E-state index contributed by atoms with van der Waals surface area (Å²) >= 11 is 0. The standard InChI is InChI=1S/C18H24N2O5S/c1-11(2)17(22)19-6-7-20(15-10-26(24,25)9-14(15)19)18(23)13-5-4-12(3)16(21)8-13/h4-5,8,11,14-15,21H,6-7,9-10H2,1-3H3/t14-,15+/m1/s1. The van der Waals surface area contributed by atoms with Gasteiger partial charge < -0.3 is 14.9 Å². The van der Waals surface area contributed by atoms with Crippen molar-refractivity contribution >= 4 is 21.7 Å². The number of benzene rings is 1. The fourth-order valence-electron chi connectivity index (χ4n) is 3.72. The summed E-state index contributed by atoms with van der Waals surface area (Å²) in [6.45, 7) is 5.90. The number of hydrogen-bond acceptors (Lipinski definition) is 5. The van der Waals surface area contributed by atoms with Crippen LogP contribution in [0.5, 0.6) is 5.75 Å². The highest BCUT2D eigenvalue weighted by molar-refractivity contribution is 7.91. The van der Waals surface area contributed by atoms with Crippen LogP contribution in [-0.2, 0) is 14.6 Å². The van der Waals surface area contributed by atoms with Gasteiger partial charge in [-0.15, -0.1) is 0 Å². The molecular weight excluding hydrogens is 356 g/mol. The van der Waals surface area contributed by atoms with E-state index in [1.807, 2.05) is 0 Å². The Kier molecular flexibility index (Phi) is 4.72. The minimum Gasteiger partial charge on any atom is -0.508 e. The molecule has 0 saturated carbocycles. The number of phenols is 1. The molecule has 2 amide bonds. The number of nitrogens with zero attached hydrogens (tertiary/aromatic N) is 2. The third-order valence-electron chi connectivity index (χ3n) is 5.17. The van der Waals surface area contributed by atoms with E-state index in [4.69, 9.17) is 0 Å². The highest BCUT2D eigenvalue weighted by Gasteiger charge is 2.49. The Morgan fingerprint density at radius 2 is 1.69 bits per heavy atom. The highest BCUT2D eigenvalue weighted by atomic mass is 32.2. The number of aryl methyl sites for hydroxylation is 1. The molecule has 0 bridgehead atoms. The number of phenolic OH excluding ortho intramolecular Hbond substituents is 1. The summed E-state index contributed by atoms with van der Waals surface area (Å²) in [5.74, 6) is -0.848. The van der Waals surface area contributed by atoms with E-state index in [0.29, 0.717) is 17.7 Å². The average Bonchev–Trinajstić information content (AvgIpc) is 2.89. The van der Waals surface area contributed by atoms with Crippen molar-refractivity contribution in [2.45, 2.75) is 32.9 Å². The van der Waals surface area contributed by atoms with Gasteiger partial charge in [0.05, 0.1) is 23.6 Å². The Labute approximate surface area is 153 Å². The second kappa shape index (κ2) is 6.57. The molecule has 2 aliphatic rings. The minimum absolute atomic E-state index is 0.0278. The molecule has 0 aromatic heterocycles.